The zero-order valence-electron chi connectivity index (χ0n) is 18.5. The first-order valence-corrected chi connectivity index (χ1v) is 11.9. The molecule has 166 valence electrons. The van der Waals surface area contributed by atoms with Crippen molar-refractivity contribution in [2.45, 2.75) is 26.3 Å². The maximum atomic E-state index is 13.6. The summed E-state index contributed by atoms with van der Waals surface area (Å²) in [5.74, 6) is 0.687. The van der Waals surface area contributed by atoms with Crippen LogP contribution in [0.15, 0.2) is 48.5 Å². The standard InChI is InChI=1S/C26H24N4O2S/c1-15-4-3-5-19(10-15)24-23(29-16(2)33-24)26(32)30-14-20-11-21(20)22(30)13-28-25(31)18-8-6-17(12-27)7-9-18/h3-10,20-22H,11,13-14H2,1-2H3,(H,28,31). The van der Waals surface area contributed by atoms with Crippen molar-refractivity contribution in [1.29, 1.82) is 5.26 Å². The number of nitrogens with one attached hydrogen (secondary N) is 1. The molecule has 0 bridgehead atoms. The molecule has 2 aromatic carbocycles. The number of amides is 2. The van der Waals surface area contributed by atoms with Crippen molar-refractivity contribution in [2.75, 3.05) is 13.1 Å². The minimum absolute atomic E-state index is 0.0304. The Labute approximate surface area is 196 Å². The summed E-state index contributed by atoms with van der Waals surface area (Å²) in [7, 11) is 0. The van der Waals surface area contributed by atoms with Crippen LogP contribution in [0.25, 0.3) is 10.4 Å². The summed E-state index contributed by atoms with van der Waals surface area (Å²) in [5.41, 5.74) is 3.69. The van der Waals surface area contributed by atoms with Gasteiger partial charge in [-0.3, -0.25) is 9.59 Å². The van der Waals surface area contributed by atoms with Crippen LogP contribution in [0.1, 0.15) is 43.4 Å². The van der Waals surface area contributed by atoms with E-state index in [0.717, 1.165) is 27.4 Å². The number of nitrogens with zero attached hydrogens (tertiary/aromatic N) is 3. The van der Waals surface area contributed by atoms with Crippen LogP contribution in [0, 0.1) is 37.0 Å². The van der Waals surface area contributed by atoms with E-state index in [9.17, 15) is 9.59 Å². The molecule has 1 N–H and O–H groups in total. The fourth-order valence-electron chi connectivity index (χ4n) is 4.75. The van der Waals surface area contributed by atoms with E-state index < -0.39 is 0 Å². The first kappa shape index (κ1) is 21.4. The van der Waals surface area contributed by atoms with Gasteiger partial charge in [0.05, 0.1) is 27.6 Å². The van der Waals surface area contributed by atoms with Crippen LogP contribution >= 0.6 is 11.3 Å². The molecule has 1 saturated heterocycles. The molecule has 5 rings (SSSR count). The van der Waals surface area contributed by atoms with E-state index in [1.54, 1.807) is 35.6 Å². The van der Waals surface area contributed by atoms with E-state index in [1.807, 2.05) is 36.9 Å². The van der Waals surface area contributed by atoms with Crippen molar-refractivity contribution in [3.8, 4) is 16.5 Å². The second kappa shape index (κ2) is 8.45. The lowest BCUT2D eigenvalue weighted by atomic mass is 10.1. The van der Waals surface area contributed by atoms with E-state index >= 15 is 0 Å². The maximum absolute atomic E-state index is 13.6. The predicted molar refractivity (Wildman–Crippen MR) is 127 cm³/mol. The number of carbonyl (C=O) groups excluding carboxylic acids is 2. The molecule has 1 aromatic heterocycles. The van der Waals surface area contributed by atoms with Gasteiger partial charge in [-0.15, -0.1) is 11.3 Å². The number of thiazole rings is 1. The molecule has 2 aliphatic rings. The van der Waals surface area contributed by atoms with Gasteiger partial charge in [0.2, 0.25) is 0 Å². The van der Waals surface area contributed by atoms with E-state index in [4.69, 9.17) is 5.26 Å². The number of aryl methyl sites for hydroxylation is 2. The van der Waals surface area contributed by atoms with Gasteiger partial charge >= 0.3 is 0 Å². The first-order valence-electron chi connectivity index (χ1n) is 11.1. The molecule has 33 heavy (non-hydrogen) atoms. The molecular weight excluding hydrogens is 432 g/mol. The zero-order valence-corrected chi connectivity index (χ0v) is 19.4. The van der Waals surface area contributed by atoms with Crippen molar-refractivity contribution in [3.05, 3.63) is 75.9 Å². The van der Waals surface area contributed by atoms with Crippen molar-refractivity contribution in [1.82, 2.24) is 15.2 Å². The lowest BCUT2D eigenvalue weighted by molar-refractivity contribution is 0.0690. The molecule has 2 fully saturated rings. The second-order valence-corrected chi connectivity index (χ2v) is 10.1. The molecule has 3 unspecified atom stereocenters. The van der Waals surface area contributed by atoms with E-state index in [2.05, 4.69) is 22.4 Å². The Morgan fingerprint density at radius 1 is 1.21 bits per heavy atom. The number of likely N-dealkylation sites (tertiary alicyclic amines) is 1. The van der Waals surface area contributed by atoms with Crippen LogP contribution in [0.2, 0.25) is 0 Å². The molecule has 1 aliphatic carbocycles. The Morgan fingerprint density at radius 2 is 2.00 bits per heavy atom. The molecule has 2 heterocycles. The zero-order chi connectivity index (χ0) is 23.1. The second-order valence-electron chi connectivity index (χ2n) is 8.86. The number of rotatable bonds is 5. The average molecular weight is 457 g/mol. The summed E-state index contributed by atoms with van der Waals surface area (Å²) >= 11 is 1.54. The number of fused-ring (bicyclic) bond motifs is 1. The summed E-state index contributed by atoms with van der Waals surface area (Å²) in [6.45, 7) is 5.09. The maximum Gasteiger partial charge on any atom is 0.274 e. The Balaban J connectivity index is 1.34. The molecule has 7 heteroatoms. The SMILES string of the molecule is Cc1cccc(-c2sc(C)nc2C(=O)N2CC3CC3C2CNC(=O)c2ccc(C#N)cc2)c1. The van der Waals surface area contributed by atoms with Crippen molar-refractivity contribution in [2.24, 2.45) is 11.8 Å². The smallest absolute Gasteiger partial charge is 0.274 e. The monoisotopic (exact) mass is 456 g/mol. The van der Waals surface area contributed by atoms with Gasteiger partial charge in [0.1, 0.15) is 5.69 Å². The molecular formula is C26H24N4O2S. The average Bonchev–Trinajstić information content (AvgIpc) is 3.33. The Morgan fingerprint density at radius 3 is 2.73 bits per heavy atom. The van der Waals surface area contributed by atoms with Crippen LogP contribution in [-0.2, 0) is 0 Å². The molecule has 6 nitrogen and oxygen atoms in total. The summed E-state index contributed by atoms with van der Waals surface area (Å²) in [6, 6.07) is 16.7. The van der Waals surface area contributed by atoms with Gasteiger partial charge in [-0.2, -0.15) is 5.26 Å². The highest BCUT2D eigenvalue weighted by atomic mass is 32.1. The van der Waals surface area contributed by atoms with E-state index in [-0.39, 0.29) is 17.9 Å². The van der Waals surface area contributed by atoms with Gasteiger partial charge in [0.15, 0.2) is 0 Å². The summed E-state index contributed by atoms with van der Waals surface area (Å²) in [4.78, 5) is 33.7. The first-order chi connectivity index (χ1) is 15.9. The highest BCUT2D eigenvalue weighted by Crippen LogP contribution is 2.50. The van der Waals surface area contributed by atoms with Crippen LogP contribution in [0.3, 0.4) is 0 Å². The molecule has 0 spiro atoms. The van der Waals surface area contributed by atoms with Crippen LogP contribution in [0.5, 0.6) is 0 Å². The molecule has 2 amide bonds. The van der Waals surface area contributed by atoms with Crippen LogP contribution in [0.4, 0.5) is 0 Å². The van der Waals surface area contributed by atoms with Gasteiger partial charge in [-0.1, -0.05) is 29.8 Å². The predicted octanol–water partition coefficient (Wildman–Crippen LogP) is 4.19. The molecule has 3 atom stereocenters. The quantitative estimate of drug-likeness (QED) is 0.624. The van der Waals surface area contributed by atoms with E-state index in [0.29, 0.717) is 41.7 Å². The summed E-state index contributed by atoms with van der Waals surface area (Å²) in [6.07, 6.45) is 1.10. The molecule has 0 radical (unpaired) electrons. The fourth-order valence-corrected chi connectivity index (χ4v) is 5.66. The number of piperidine rings is 1. The third kappa shape index (κ3) is 4.14. The molecule has 3 aromatic rings. The molecule has 1 aliphatic heterocycles. The van der Waals surface area contributed by atoms with E-state index in [1.165, 1.54) is 0 Å². The third-order valence-electron chi connectivity index (χ3n) is 6.53. The topological polar surface area (TPSA) is 86.1 Å². The van der Waals surface area contributed by atoms with Crippen LogP contribution in [-0.4, -0.2) is 40.8 Å². The van der Waals surface area contributed by atoms with Crippen molar-refractivity contribution >= 4 is 23.2 Å². The minimum atomic E-state index is -0.194. The number of hydrogen-bond acceptors (Lipinski definition) is 5. The normalized spacial score (nSPS) is 20.8. The van der Waals surface area contributed by atoms with Gasteiger partial charge in [-0.25, -0.2) is 4.98 Å². The number of nitriles is 1. The molecule has 1 saturated carbocycles. The Hall–Kier alpha value is -3.50. The number of aromatic nitrogens is 1. The highest BCUT2D eigenvalue weighted by molar-refractivity contribution is 7.15. The minimum Gasteiger partial charge on any atom is -0.350 e. The third-order valence-corrected chi connectivity index (χ3v) is 7.55. The number of hydrogen-bond donors (Lipinski definition) is 1. The number of benzene rings is 2. The van der Waals surface area contributed by atoms with Crippen molar-refractivity contribution in [3.63, 3.8) is 0 Å². The highest BCUT2D eigenvalue weighted by Gasteiger charge is 2.54. The number of carbonyl (C=O) groups is 2. The summed E-state index contributed by atoms with van der Waals surface area (Å²) < 4.78 is 0. The Bertz CT molecular complexity index is 1270. The van der Waals surface area contributed by atoms with Gasteiger partial charge < -0.3 is 10.2 Å². The largest absolute Gasteiger partial charge is 0.350 e. The van der Waals surface area contributed by atoms with Crippen LogP contribution < -0.4 is 5.32 Å². The van der Waals surface area contributed by atoms with Gasteiger partial charge in [0, 0.05) is 18.7 Å². The fraction of sp³-hybridized carbons (Fsp3) is 0.308. The lowest BCUT2D eigenvalue weighted by Crippen LogP contribution is -2.45. The van der Waals surface area contributed by atoms with Gasteiger partial charge in [-0.05, 0) is 61.9 Å². The Kier molecular flexibility index (Phi) is 5.47. The summed E-state index contributed by atoms with van der Waals surface area (Å²) in [5, 5.41) is 12.8. The van der Waals surface area contributed by atoms with Crippen molar-refractivity contribution < 1.29 is 9.59 Å². The van der Waals surface area contributed by atoms with Gasteiger partial charge in [0.25, 0.3) is 11.8 Å². The lowest BCUT2D eigenvalue weighted by Gasteiger charge is -2.27.